The fraction of sp³-hybridized carbons (Fsp3) is 0.667. The van der Waals surface area contributed by atoms with E-state index in [9.17, 15) is 19.2 Å². The van der Waals surface area contributed by atoms with Gasteiger partial charge in [0, 0.05) is 12.8 Å². The third kappa shape index (κ3) is 10.6. The molecule has 0 amide bonds. The fourth-order valence-corrected chi connectivity index (χ4v) is 3.91. The van der Waals surface area contributed by atoms with Crippen molar-refractivity contribution in [1.29, 1.82) is 0 Å². The molecule has 9 nitrogen and oxygen atoms in total. The van der Waals surface area contributed by atoms with E-state index >= 15 is 0 Å². The van der Waals surface area contributed by atoms with Gasteiger partial charge in [0.05, 0.1) is 31.5 Å². The van der Waals surface area contributed by atoms with Crippen molar-refractivity contribution in [1.82, 2.24) is 0 Å². The third-order valence-corrected chi connectivity index (χ3v) is 6.95. The number of esters is 4. The zero-order chi connectivity index (χ0) is 29.8. The van der Waals surface area contributed by atoms with Crippen LogP contribution >= 0.6 is 0 Å². The summed E-state index contributed by atoms with van der Waals surface area (Å²) in [5, 5.41) is 0. The second-order valence-corrected chi connectivity index (χ2v) is 10.8. The summed E-state index contributed by atoms with van der Waals surface area (Å²) >= 11 is 0. The van der Waals surface area contributed by atoms with Crippen LogP contribution in [0.2, 0.25) is 0 Å². The maximum atomic E-state index is 12.7. The lowest BCUT2D eigenvalue weighted by atomic mass is 9.88. The minimum atomic E-state index is -1.51. The van der Waals surface area contributed by atoms with Crippen LogP contribution in [0.5, 0.6) is 11.5 Å². The predicted molar refractivity (Wildman–Crippen MR) is 148 cm³/mol. The highest BCUT2D eigenvalue weighted by Crippen LogP contribution is 2.32. The summed E-state index contributed by atoms with van der Waals surface area (Å²) in [6.07, 6.45) is 2.96. The molecule has 220 valence electrons. The van der Waals surface area contributed by atoms with Crippen LogP contribution in [0.4, 0.5) is 0 Å². The molecule has 39 heavy (non-hydrogen) atoms. The molecule has 0 fully saturated rings. The maximum Gasteiger partial charge on any atom is 0.326 e. The van der Waals surface area contributed by atoms with Crippen LogP contribution in [0.25, 0.3) is 0 Å². The zero-order valence-electron chi connectivity index (χ0n) is 24.8. The van der Waals surface area contributed by atoms with Crippen LogP contribution in [0.15, 0.2) is 18.2 Å². The second kappa shape index (κ2) is 16.2. The summed E-state index contributed by atoms with van der Waals surface area (Å²) in [6.45, 7) is 13.1. The van der Waals surface area contributed by atoms with E-state index in [4.69, 9.17) is 24.7 Å². The summed E-state index contributed by atoms with van der Waals surface area (Å²) in [6, 6.07) is 4.72. The first-order chi connectivity index (χ1) is 18.3. The van der Waals surface area contributed by atoms with E-state index < -0.39 is 23.4 Å². The Bertz CT molecular complexity index is 976. The molecule has 0 aliphatic carbocycles. The van der Waals surface area contributed by atoms with Crippen molar-refractivity contribution in [2.75, 3.05) is 13.7 Å². The summed E-state index contributed by atoms with van der Waals surface area (Å²) in [4.78, 5) is 50.3. The second-order valence-electron chi connectivity index (χ2n) is 10.8. The molecule has 1 aromatic carbocycles. The quantitative estimate of drug-likeness (QED) is 0.223. The van der Waals surface area contributed by atoms with Crippen LogP contribution in [-0.2, 0) is 35.1 Å². The molecular formula is C30H47NO8. The number of hydrogen-bond acceptors (Lipinski definition) is 9. The highest BCUT2D eigenvalue weighted by molar-refractivity contribution is 5.81. The van der Waals surface area contributed by atoms with Gasteiger partial charge in [-0.3, -0.25) is 19.2 Å². The van der Waals surface area contributed by atoms with Gasteiger partial charge >= 0.3 is 23.9 Å². The van der Waals surface area contributed by atoms with Gasteiger partial charge in [-0.2, -0.15) is 0 Å². The Hall–Kier alpha value is -2.94. The lowest BCUT2D eigenvalue weighted by Crippen LogP contribution is -2.51. The molecular weight excluding hydrogens is 502 g/mol. The predicted octanol–water partition coefficient (Wildman–Crippen LogP) is 5.01. The van der Waals surface area contributed by atoms with Crippen molar-refractivity contribution in [2.45, 2.75) is 92.5 Å². The number of methoxy groups -OCH3 is 1. The van der Waals surface area contributed by atoms with Gasteiger partial charge in [0.2, 0.25) is 0 Å². The summed E-state index contributed by atoms with van der Waals surface area (Å²) in [7, 11) is 1.24. The fourth-order valence-electron chi connectivity index (χ4n) is 3.91. The van der Waals surface area contributed by atoms with Gasteiger partial charge in [0.25, 0.3) is 0 Å². The van der Waals surface area contributed by atoms with Gasteiger partial charge in [0.15, 0.2) is 11.5 Å². The molecule has 0 spiro atoms. The maximum absolute atomic E-state index is 12.7. The van der Waals surface area contributed by atoms with E-state index in [-0.39, 0.29) is 60.6 Å². The summed E-state index contributed by atoms with van der Waals surface area (Å²) in [5.74, 6) is -2.59. The summed E-state index contributed by atoms with van der Waals surface area (Å²) in [5.41, 5.74) is 5.52. The van der Waals surface area contributed by atoms with Crippen molar-refractivity contribution < 1.29 is 38.1 Å². The van der Waals surface area contributed by atoms with E-state index in [1.165, 1.54) is 13.2 Å². The topological polar surface area (TPSA) is 131 Å². The van der Waals surface area contributed by atoms with Crippen LogP contribution < -0.4 is 15.2 Å². The average molecular weight is 550 g/mol. The molecule has 2 N–H and O–H groups in total. The Kier molecular flexibility index (Phi) is 14.2. The number of carbonyl (C=O) groups is 4. The Morgan fingerprint density at radius 1 is 0.846 bits per heavy atom. The van der Waals surface area contributed by atoms with E-state index in [1.807, 2.05) is 27.7 Å². The van der Waals surface area contributed by atoms with E-state index in [0.717, 1.165) is 12.8 Å². The SMILES string of the molecule is CCCC(C)C(=O)Oc1ccc(CC(N)(CCOC(=O)[C@@H](C)C(C)C)C(=O)OC)cc1OC(=O)C(C)CCC. The van der Waals surface area contributed by atoms with Crippen molar-refractivity contribution in [2.24, 2.45) is 29.4 Å². The Morgan fingerprint density at radius 2 is 1.38 bits per heavy atom. The Morgan fingerprint density at radius 3 is 1.87 bits per heavy atom. The average Bonchev–Trinajstić information content (AvgIpc) is 2.88. The van der Waals surface area contributed by atoms with Crippen LogP contribution in [0.3, 0.4) is 0 Å². The number of hydrogen-bond donors (Lipinski definition) is 1. The molecule has 1 rings (SSSR count). The monoisotopic (exact) mass is 549 g/mol. The first-order valence-corrected chi connectivity index (χ1v) is 13.9. The van der Waals surface area contributed by atoms with Crippen LogP contribution in [0.1, 0.15) is 86.1 Å². The number of rotatable bonds is 16. The highest BCUT2D eigenvalue weighted by atomic mass is 16.6. The Balaban J connectivity index is 3.24. The van der Waals surface area contributed by atoms with Crippen LogP contribution in [0, 0.1) is 23.7 Å². The molecule has 3 unspecified atom stereocenters. The van der Waals surface area contributed by atoms with Crippen molar-refractivity contribution >= 4 is 23.9 Å². The standard InChI is InChI=1S/C30H47NO8/c1-9-11-20(5)26(32)38-24-14-13-23(17-25(24)39-27(33)21(6)12-10-2)18-30(31,29(35)36-8)15-16-37-28(34)22(7)19(3)4/h13-14,17,19-22H,9-12,15-16,18,31H2,1-8H3/t20?,21?,22-,30?/m0/s1. The largest absolute Gasteiger partial charge is 0.468 e. The van der Waals surface area contributed by atoms with E-state index in [1.54, 1.807) is 32.9 Å². The minimum Gasteiger partial charge on any atom is -0.468 e. The molecule has 0 saturated carbocycles. The third-order valence-electron chi connectivity index (χ3n) is 6.95. The van der Waals surface area contributed by atoms with Crippen molar-refractivity contribution in [3.05, 3.63) is 23.8 Å². The molecule has 9 heteroatoms. The smallest absolute Gasteiger partial charge is 0.326 e. The Labute approximate surface area is 233 Å². The number of benzene rings is 1. The molecule has 4 atom stereocenters. The first kappa shape index (κ1) is 34.1. The van der Waals surface area contributed by atoms with Gasteiger partial charge < -0.3 is 24.7 Å². The lowest BCUT2D eigenvalue weighted by Gasteiger charge is -2.27. The normalized spacial score (nSPS) is 15.0. The van der Waals surface area contributed by atoms with Gasteiger partial charge in [-0.1, -0.05) is 67.4 Å². The van der Waals surface area contributed by atoms with Crippen molar-refractivity contribution in [3.63, 3.8) is 0 Å². The zero-order valence-corrected chi connectivity index (χ0v) is 24.8. The molecule has 0 radical (unpaired) electrons. The van der Waals surface area contributed by atoms with Gasteiger partial charge in [-0.15, -0.1) is 0 Å². The minimum absolute atomic E-state index is 0.00643. The molecule has 0 aromatic heterocycles. The molecule has 0 aliphatic rings. The first-order valence-electron chi connectivity index (χ1n) is 13.9. The van der Waals surface area contributed by atoms with E-state index in [2.05, 4.69) is 0 Å². The molecule has 0 saturated heterocycles. The lowest BCUT2D eigenvalue weighted by molar-refractivity contribution is -0.153. The van der Waals surface area contributed by atoms with E-state index in [0.29, 0.717) is 18.4 Å². The van der Waals surface area contributed by atoms with Gasteiger partial charge in [-0.05, 0) is 36.5 Å². The number of ether oxygens (including phenoxy) is 4. The molecule has 0 heterocycles. The summed E-state index contributed by atoms with van der Waals surface area (Å²) < 4.78 is 21.6. The highest BCUT2D eigenvalue weighted by Gasteiger charge is 2.36. The van der Waals surface area contributed by atoms with Gasteiger partial charge in [-0.25, -0.2) is 0 Å². The number of nitrogens with two attached hydrogens (primary N) is 1. The van der Waals surface area contributed by atoms with Gasteiger partial charge in [0.1, 0.15) is 5.54 Å². The molecule has 0 aliphatic heterocycles. The van der Waals surface area contributed by atoms with Crippen LogP contribution in [-0.4, -0.2) is 43.1 Å². The number of carbonyl (C=O) groups excluding carboxylic acids is 4. The molecule has 0 bridgehead atoms. The molecule has 1 aromatic rings. The van der Waals surface area contributed by atoms with Crippen molar-refractivity contribution in [3.8, 4) is 11.5 Å².